The molecule has 0 bridgehead atoms. The molecule has 16 nitrogen and oxygen atoms in total. The number of hydrogen-bond acceptors (Lipinski definition) is 9. The van der Waals surface area contributed by atoms with Gasteiger partial charge in [0.05, 0.1) is 29.9 Å². The van der Waals surface area contributed by atoms with E-state index in [1.807, 2.05) is 30.3 Å². The summed E-state index contributed by atoms with van der Waals surface area (Å²) in [6, 6.07) is 5.91. The number of amides is 5. The minimum atomic E-state index is -3.39. The van der Waals surface area contributed by atoms with Gasteiger partial charge in [-0.15, -0.1) is 0 Å². The summed E-state index contributed by atoms with van der Waals surface area (Å²) >= 11 is 0. The van der Waals surface area contributed by atoms with Crippen LogP contribution in [-0.2, 0) is 37.2 Å². The highest BCUT2D eigenvalue weighted by molar-refractivity contribution is 7.89. The van der Waals surface area contributed by atoms with Crippen LogP contribution in [0.1, 0.15) is 110 Å². The number of urea groups is 1. The Kier molecular flexibility index (Phi) is 18.3. The minimum Gasteiger partial charge on any atom is -0.444 e. The van der Waals surface area contributed by atoms with Crippen LogP contribution in [0.15, 0.2) is 42.9 Å². The molecule has 58 heavy (non-hydrogen) atoms. The third-order valence-electron chi connectivity index (χ3n) is 10.6. The zero-order valence-electron chi connectivity index (χ0n) is 34.6. The van der Waals surface area contributed by atoms with E-state index in [0.717, 1.165) is 37.7 Å². The van der Waals surface area contributed by atoms with Crippen molar-refractivity contribution in [1.82, 2.24) is 40.9 Å². The van der Waals surface area contributed by atoms with E-state index in [9.17, 15) is 32.7 Å². The molecule has 7 N–H and O–H groups in total. The van der Waals surface area contributed by atoms with Gasteiger partial charge in [0, 0.05) is 44.7 Å². The molecule has 4 rings (SSSR count). The number of sulfonamides is 1. The first kappa shape index (κ1) is 46.5. The SMILES string of the molecule is CCCS(=O)(=O)NCCC[C@H](O)[C@H](CC1CCCCC1)NC(=O)[C@H](Cc1c[nH]cn1)NC(=O)[C@H](Cc1ccccc1)NC(=O)N1CCC(NC(=O)OC(C)(C)C)CC1. The van der Waals surface area contributed by atoms with Crippen LogP contribution in [-0.4, -0.2) is 114 Å². The van der Waals surface area contributed by atoms with Crippen LogP contribution in [0.25, 0.3) is 0 Å². The number of alkyl carbamates (subject to hydrolysis) is 1. The molecule has 0 radical (unpaired) electrons. The first-order chi connectivity index (χ1) is 27.6. The van der Waals surface area contributed by atoms with Gasteiger partial charge in [0.1, 0.15) is 17.7 Å². The maximum Gasteiger partial charge on any atom is 0.407 e. The molecular weight excluding hydrogens is 765 g/mol. The average Bonchev–Trinajstić information content (AvgIpc) is 3.69. The number of piperidine rings is 1. The van der Waals surface area contributed by atoms with Gasteiger partial charge in [0.15, 0.2) is 0 Å². The largest absolute Gasteiger partial charge is 0.444 e. The smallest absolute Gasteiger partial charge is 0.407 e. The third-order valence-corrected chi connectivity index (χ3v) is 12.2. The fraction of sp³-hybridized carbons (Fsp3) is 0.683. The van der Waals surface area contributed by atoms with Crippen LogP contribution >= 0.6 is 0 Å². The maximum atomic E-state index is 14.2. The first-order valence-electron chi connectivity index (χ1n) is 20.9. The number of H-pyrrole nitrogens is 1. The predicted octanol–water partition coefficient (Wildman–Crippen LogP) is 3.67. The molecule has 2 aromatic rings. The van der Waals surface area contributed by atoms with Crippen molar-refractivity contribution in [2.24, 2.45) is 5.92 Å². The fourth-order valence-electron chi connectivity index (χ4n) is 7.55. The summed E-state index contributed by atoms with van der Waals surface area (Å²) in [7, 11) is -3.39. The van der Waals surface area contributed by atoms with Crippen molar-refractivity contribution in [1.29, 1.82) is 0 Å². The fourth-order valence-corrected chi connectivity index (χ4v) is 8.69. The van der Waals surface area contributed by atoms with Crippen LogP contribution in [0.5, 0.6) is 0 Å². The van der Waals surface area contributed by atoms with Gasteiger partial charge in [-0.3, -0.25) is 9.59 Å². The highest BCUT2D eigenvalue weighted by atomic mass is 32.2. The number of nitrogens with one attached hydrogen (secondary N) is 6. The van der Waals surface area contributed by atoms with Crippen molar-refractivity contribution in [2.75, 3.05) is 25.4 Å². The van der Waals surface area contributed by atoms with E-state index >= 15 is 0 Å². The van der Waals surface area contributed by atoms with Gasteiger partial charge in [-0.25, -0.2) is 27.7 Å². The summed E-state index contributed by atoms with van der Waals surface area (Å²) in [6.45, 7) is 8.06. The molecule has 0 spiro atoms. The number of aromatic amines is 1. The molecule has 324 valence electrons. The van der Waals surface area contributed by atoms with E-state index < -0.39 is 63.8 Å². The zero-order valence-corrected chi connectivity index (χ0v) is 35.5. The number of aliphatic hydroxyl groups excluding tert-OH is 1. The first-order valence-corrected chi connectivity index (χ1v) is 22.6. The molecule has 0 unspecified atom stereocenters. The van der Waals surface area contributed by atoms with E-state index in [2.05, 4.69) is 36.0 Å². The van der Waals surface area contributed by atoms with Crippen LogP contribution in [0, 0.1) is 5.92 Å². The quantitative estimate of drug-likeness (QED) is 0.0966. The second kappa shape index (κ2) is 22.8. The normalized spacial score (nSPS) is 17.7. The summed E-state index contributed by atoms with van der Waals surface area (Å²) in [6.07, 6.45) is 9.89. The van der Waals surface area contributed by atoms with Gasteiger partial charge in [0.2, 0.25) is 21.8 Å². The Bertz CT molecular complexity index is 1670. The van der Waals surface area contributed by atoms with E-state index in [1.54, 1.807) is 38.8 Å². The highest BCUT2D eigenvalue weighted by Gasteiger charge is 2.33. The number of ether oxygens (including phenoxy) is 1. The van der Waals surface area contributed by atoms with Crippen molar-refractivity contribution < 1.29 is 37.4 Å². The van der Waals surface area contributed by atoms with Crippen molar-refractivity contribution in [3.63, 3.8) is 0 Å². The number of aliphatic hydroxyl groups is 1. The monoisotopic (exact) mass is 830 g/mol. The second-order valence-corrected chi connectivity index (χ2v) is 18.6. The van der Waals surface area contributed by atoms with Crippen LogP contribution in [0.2, 0.25) is 0 Å². The molecule has 1 saturated carbocycles. The molecule has 2 aliphatic rings. The van der Waals surface area contributed by atoms with Crippen molar-refractivity contribution in [2.45, 2.75) is 147 Å². The summed E-state index contributed by atoms with van der Waals surface area (Å²) in [5.41, 5.74) is 0.717. The Morgan fingerprint density at radius 1 is 0.948 bits per heavy atom. The van der Waals surface area contributed by atoms with Crippen LogP contribution in [0.4, 0.5) is 9.59 Å². The Morgan fingerprint density at radius 3 is 2.26 bits per heavy atom. The zero-order chi connectivity index (χ0) is 42.1. The van der Waals surface area contributed by atoms with Gasteiger partial charge >= 0.3 is 12.1 Å². The Morgan fingerprint density at radius 2 is 1.62 bits per heavy atom. The number of likely N-dealkylation sites (tertiary alicyclic amines) is 1. The summed E-state index contributed by atoms with van der Waals surface area (Å²) in [5, 5.41) is 23.2. The second-order valence-electron chi connectivity index (χ2n) is 16.7. The van der Waals surface area contributed by atoms with Crippen LogP contribution in [0.3, 0.4) is 0 Å². The van der Waals surface area contributed by atoms with E-state index in [0.29, 0.717) is 56.8 Å². The molecule has 5 amide bonds. The van der Waals surface area contributed by atoms with Gasteiger partial charge in [-0.1, -0.05) is 69.4 Å². The Labute approximate surface area is 343 Å². The molecule has 2 heterocycles. The Hall–Kier alpha value is -4.22. The molecule has 1 aromatic carbocycles. The number of rotatable bonds is 20. The minimum absolute atomic E-state index is 0.0304. The highest BCUT2D eigenvalue weighted by Crippen LogP contribution is 2.28. The molecule has 1 aliphatic carbocycles. The summed E-state index contributed by atoms with van der Waals surface area (Å²) in [4.78, 5) is 63.2. The van der Waals surface area contributed by atoms with Gasteiger partial charge < -0.3 is 41.0 Å². The number of carbonyl (C=O) groups is 4. The number of imidazole rings is 1. The third kappa shape index (κ3) is 16.6. The topological polar surface area (TPSA) is 224 Å². The molecule has 1 aliphatic heterocycles. The van der Waals surface area contributed by atoms with Gasteiger partial charge in [-0.2, -0.15) is 0 Å². The van der Waals surface area contributed by atoms with Crippen LogP contribution < -0.4 is 26.0 Å². The van der Waals surface area contributed by atoms with E-state index in [4.69, 9.17) is 4.74 Å². The van der Waals surface area contributed by atoms with Crippen molar-refractivity contribution >= 4 is 34.0 Å². The number of benzene rings is 1. The molecular formula is C41H66N8O8S. The molecule has 4 atom stereocenters. The van der Waals surface area contributed by atoms with Gasteiger partial charge in [0.25, 0.3) is 0 Å². The Balaban J connectivity index is 1.46. The number of nitrogens with zero attached hydrogens (tertiary/aromatic N) is 2. The summed E-state index contributed by atoms with van der Waals surface area (Å²) in [5.74, 6) is -0.718. The number of hydrogen-bond donors (Lipinski definition) is 7. The van der Waals surface area contributed by atoms with E-state index in [1.165, 1.54) is 6.33 Å². The number of carbonyl (C=O) groups excluding carboxylic acids is 4. The number of aromatic nitrogens is 2. The van der Waals surface area contributed by atoms with Crippen molar-refractivity contribution in [3.8, 4) is 0 Å². The molecule has 1 saturated heterocycles. The molecule has 1 aromatic heterocycles. The molecule has 17 heteroatoms. The lowest BCUT2D eigenvalue weighted by Crippen LogP contribution is -2.59. The maximum absolute atomic E-state index is 14.2. The molecule has 2 fully saturated rings. The van der Waals surface area contributed by atoms with E-state index in [-0.39, 0.29) is 37.6 Å². The van der Waals surface area contributed by atoms with Gasteiger partial charge in [-0.05, 0) is 70.8 Å². The average molecular weight is 831 g/mol. The summed E-state index contributed by atoms with van der Waals surface area (Å²) < 4.78 is 32.3. The lowest BCUT2D eigenvalue weighted by Gasteiger charge is -2.34. The van der Waals surface area contributed by atoms with Crippen molar-refractivity contribution in [3.05, 3.63) is 54.1 Å². The lowest BCUT2D eigenvalue weighted by molar-refractivity contribution is -0.131. The standard InChI is InChI=1S/C41H66N8O8S/c1-5-23-58(55,56)44-20-12-17-36(50)33(24-29-13-8-6-9-14-29)46-38(52)35(26-32-27-42-28-43-32)47-37(51)34(25-30-15-10-7-11-16-30)48-39(53)49-21-18-31(19-22-49)45-40(54)57-41(2,3)4/h7,10-11,15-16,27-29,31,33-36,44,50H,5-6,8-9,12-14,17-26H2,1-4H3,(H,42,43)(H,45,54)(H,46,52)(H,47,51)(H,48,53)/t33-,34-,35-,36-/m0/s1. The predicted molar refractivity (Wildman–Crippen MR) is 221 cm³/mol. The lowest BCUT2D eigenvalue weighted by atomic mass is 9.83.